The standard InChI is InChI=1S/C23H23F2N3O7S2/c1-3-26-20(31)34-13-22(14-7-5-4-6-8-14)12-23(22,19(29)30)28-37(32,33)18-10-9-16(36-18)15-11-17(35-27-15)21(2,24)25/h4-11,28H,3,12-13H2,1-2H3,(H,26,31)(H,29,30). The molecule has 2 unspecified atom stereocenters. The van der Waals surface area contributed by atoms with Gasteiger partial charge in [0.1, 0.15) is 22.0 Å². The molecule has 14 heteroatoms. The van der Waals surface area contributed by atoms with Gasteiger partial charge in [-0.05, 0) is 31.0 Å². The Kier molecular flexibility index (Phi) is 6.86. The van der Waals surface area contributed by atoms with E-state index < -0.39 is 44.7 Å². The Morgan fingerprint density at radius 3 is 2.54 bits per heavy atom. The first kappa shape index (κ1) is 26.7. The summed E-state index contributed by atoms with van der Waals surface area (Å²) >= 11 is 0.712. The number of alkyl carbamates (subject to hydrolysis) is 1. The molecule has 0 radical (unpaired) electrons. The lowest BCUT2D eigenvalue weighted by Gasteiger charge is -2.24. The summed E-state index contributed by atoms with van der Waals surface area (Å²) in [6, 6.07) is 11.9. The minimum atomic E-state index is -4.41. The molecule has 0 aliphatic heterocycles. The first-order valence-corrected chi connectivity index (χ1v) is 13.3. The Morgan fingerprint density at radius 1 is 1.24 bits per heavy atom. The molecule has 4 rings (SSSR count). The molecular weight excluding hydrogens is 532 g/mol. The predicted octanol–water partition coefficient (Wildman–Crippen LogP) is 3.70. The number of aromatic nitrogens is 1. The maximum atomic E-state index is 13.5. The van der Waals surface area contributed by atoms with Crippen molar-refractivity contribution >= 4 is 33.4 Å². The van der Waals surface area contributed by atoms with Gasteiger partial charge in [-0.1, -0.05) is 35.5 Å². The number of sulfonamides is 1. The highest BCUT2D eigenvalue weighted by Gasteiger charge is 2.75. The number of ether oxygens (including phenoxy) is 1. The van der Waals surface area contributed by atoms with Crippen LogP contribution in [0.25, 0.3) is 10.6 Å². The quantitative estimate of drug-likeness (QED) is 0.343. The normalized spacial score (nSPS) is 21.4. The highest BCUT2D eigenvalue weighted by Crippen LogP contribution is 2.59. The van der Waals surface area contributed by atoms with Gasteiger partial charge in [0.05, 0.1) is 10.3 Å². The van der Waals surface area contributed by atoms with E-state index in [4.69, 9.17) is 4.74 Å². The van der Waals surface area contributed by atoms with Crippen molar-refractivity contribution in [3.8, 4) is 10.6 Å². The van der Waals surface area contributed by atoms with Crippen LogP contribution in [0.4, 0.5) is 13.6 Å². The number of carbonyl (C=O) groups is 2. The molecule has 2 heterocycles. The number of alkyl halides is 2. The highest BCUT2D eigenvalue weighted by atomic mass is 32.2. The van der Waals surface area contributed by atoms with Crippen LogP contribution >= 0.6 is 11.3 Å². The van der Waals surface area contributed by atoms with Crippen LogP contribution in [-0.4, -0.2) is 49.4 Å². The largest absolute Gasteiger partial charge is 0.480 e. The van der Waals surface area contributed by atoms with Crippen LogP contribution in [0.5, 0.6) is 0 Å². The molecule has 2 atom stereocenters. The number of aliphatic carboxylic acids is 1. The molecule has 1 aliphatic carbocycles. The third kappa shape index (κ3) is 4.95. The van der Waals surface area contributed by atoms with Crippen LogP contribution < -0.4 is 10.0 Å². The minimum Gasteiger partial charge on any atom is -0.480 e. The number of hydrogen-bond donors (Lipinski definition) is 3. The molecule has 1 aliphatic rings. The topological polar surface area (TPSA) is 148 Å². The summed E-state index contributed by atoms with van der Waals surface area (Å²) < 4.78 is 65.6. The number of hydrogen-bond acceptors (Lipinski definition) is 8. The van der Waals surface area contributed by atoms with Crippen LogP contribution in [0.15, 0.2) is 57.3 Å². The lowest BCUT2D eigenvalue weighted by molar-refractivity contribution is -0.141. The molecule has 10 nitrogen and oxygen atoms in total. The summed E-state index contributed by atoms with van der Waals surface area (Å²) in [5.74, 6) is -5.39. The number of rotatable bonds is 10. The van der Waals surface area contributed by atoms with Crippen LogP contribution in [-0.2, 0) is 30.9 Å². The maximum absolute atomic E-state index is 13.5. The summed E-state index contributed by atoms with van der Waals surface area (Å²) in [7, 11) is -4.41. The Bertz CT molecular complexity index is 1420. The number of thiophene rings is 1. The Hall–Kier alpha value is -3.36. The molecule has 1 amide bonds. The number of amides is 1. The average molecular weight is 556 g/mol. The average Bonchev–Trinajstić information content (AvgIpc) is 3.21. The third-order valence-corrected chi connectivity index (χ3v) is 9.16. The fraction of sp³-hybridized carbons (Fsp3) is 0.348. The molecule has 3 N–H and O–H groups in total. The van der Waals surface area contributed by atoms with Crippen LogP contribution in [0.1, 0.15) is 31.6 Å². The lowest BCUT2D eigenvalue weighted by atomic mass is 9.91. The number of carboxylic acids is 1. The number of nitrogens with zero attached hydrogens (tertiary/aromatic N) is 1. The van der Waals surface area contributed by atoms with E-state index in [1.54, 1.807) is 37.3 Å². The molecule has 37 heavy (non-hydrogen) atoms. The molecule has 1 aromatic carbocycles. The van der Waals surface area contributed by atoms with E-state index >= 15 is 0 Å². The van der Waals surface area contributed by atoms with Gasteiger partial charge in [-0.25, -0.2) is 13.2 Å². The number of carboxylic acid groups (broad SMARTS) is 1. The summed E-state index contributed by atoms with van der Waals surface area (Å²) in [4.78, 5) is 24.7. The van der Waals surface area contributed by atoms with Gasteiger partial charge in [0.2, 0.25) is 5.76 Å². The predicted molar refractivity (Wildman–Crippen MR) is 128 cm³/mol. The van der Waals surface area contributed by atoms with Gasteiger partial charge in [-0.3, -0.25) is 4.79 Å². The van der Waals surface area contributed by atoms with Gasteiger partial charge in [0.15, 0.2) is 0 Å². The molecule has 0 bridgehead atoms. The second kappa shape index (κ2) is 9.50. The van der Waals surface area contributed by atoms with Gasteiger partial charge < -0.3 is 19.7 Å². The molecule has 1 fully saturated rings. The number of benzene rings is 1. The van der Waals surface area contributed by atoms with Gasteiger partial charge in [0, 0.05) is 19.5 Å². The van der Waals surface area contributed by atoms with Crippen molar-refractivity contribution in [3.05, 3.63) is 59.9 Å². The van der Waals surface area contributed by atoms with E-state index in [0.29, 0.717) is 23.8 Å². The van der Waals surface area contributed by atoms with Crippen molar-refractivity contribution in [2.45, 2.75) is 41.4 Å². The summed E-state index contributed by atoms with van der Waals surface area (Å²) in [6.07, 6.45) is -0.937. The number of halogens is 2. The molecule has 0 saturated heterocycles. The van der Waals surface area contributed by atoms with Gasteiger partial charge in [-0.15, -0.1) is 11.3 Å². The van der Waals surface area contributed by atoms with E-state index in [1.807, 2.05) is 0 Å². The smallest absolute Gasteiger partial charge is 0.407 e. The van der Waals surface area contributed by atoms with Crippen molar-refractivity contribution in [2.75, 3.05) is 13.2 Å². The highest BCUT2D eigenvalue weighted by molar-refractivity contribution is 7.91. The second-order valence-electron chi connectivity index (χ2n) is 8.63. The summed E-state index contributed by atoms with van der Waals surface area (Å²) in [6.45, 7) is 2.23. The van der Waals surface area contributed by atoms with E-state index in [9.17, 15) is 31.9 Å². The van der Waals surface area contributed by atoms with E-state index in [-0.39, 0.29) is 34.4 Å². The zero-order valence-corrected chi connectivity index (χ0v) is 21.3. The van der Waals surface area contributed by atoms with Crippen molar-refractivity contribution in [1.29, 1.82) is 0 Å². The Morgan fingerprint density at radius 2 is 1.95 bits per heavy atom. The van der Waals surface area contributed by atoms with Crippen LogP contribution in [0.3, 0.4) is 0 Å². The first-order chi connectivity index (χ1) is 17.3. The van der Waals surface area contributed by atoms with Crippen molar-refractivity contribution < 1.29 is 41.2 Å². The molecule has 2 aromatic heterocycles. The minimum absolute atomic E-state index is 0.0105. The monoisotopic (exact) mass is 555 g/mol. The molecule has 0 spiro atoms. The zero-order chi connectivity index (χ0) is 27.1. The lowest BCUT2D eigenvalue weighted by Crippen LogP contribution is -2.50. The fourth-order valence-electron chi connectivity index (χ4n) is 4.09. The Balaban J connectivity index is 1.65. The maximum Gasteiger partial charge on any atom is 0.407 e. The van der Waals surface area contributed by atoms with Crippen LogP contribution in [0, 0.1) is 0 Å². The second-order valence-corrected chi connectivity index (χ2v) is 11.6. The molecular formula is C23H23F2N3O7S2. The van der Waals surface area contributed by atoms with Gasteiger partial charge >= 0.3 is 18.0 Å². The molecule has 198 valence electrons. The van der Waals surface area contributed by atoms with Gasteiger partial charge in [-0.2, -0.15) is 13.5 Å². The van der Waals surface area contributed by atoms with Gasteiger partial charge in [0.25, 0.3) is 10.0 Å². The fourth-order valence-corrected chi connectivity index (χ4v) is 6.78. The SMILES string of the molecule is CCNC(=O)OCC1(c2ccccc2)CC1(NS(=O)(=O)c1ccc(-c2cc(C(C)(F)F)on2)s1)C(=O)O. The first-order valence-electron chi connectivity index (χ1n) is 11.0. The van der Waals surface area contributed by atoms with Crippen molar-refractivity contribution in [1.82, 2.24) is 15.2 Å². The van der Waals surface area contributed by atoms with E-state index in [1.165, 1.54) is 12.1 Å². The summed E-state index contributed by atoms with van der Waals surface area (Å²) in [5, 5.41) is 16.2. The zero-order valence-electron chi connectivity index (χ0n) is 19.7. The van der Waals surface area contributed by atoms with Crippen molar-refractivity contribution in [2.24, 2.45) is 0 Å². The third-order valence-electron chi connectivity index (χ3n) is 6.07. The molecule has 1 saturated carbocycles. The number of nitrogens with one attached hydrogen (secondary N) is 2. The summed E-state index contributed by atoms with van der Waals surface area (Å²) in [5.41, 5.74) is -2.88. The van der Waals surface area contributed by atoms with E-state index in [0.717, 1.165) is 6.07 Å². The Labute approximate surface area is 214 Å². The van der Waals surface area contributed by atoms with Crippen molar-refractivity contribution in [3.63, 3.8) is 0 Å². The molecule has 3 aromatic rings. The number of carbonyl (C=O) groups excluding carboxylic acids is 1. The van der Waals surface area contributed by atoms with E-state index in [2.05, 4.69) is 19.7 Å². The van der Waals surface area contributed by atoms with Crippen LogP contribution in [0.2, 0.25) is 0 Å².